The molecule has 0 rings (SSSR count). The van der Waals surface area contributed by atoms with Gasteiger partial charge in [-0.2, -0.15) is 0 Å². The number of rotatable bonds is 10. The third-order valence-corrected chi connectivity index (χ3v) is 2.21. The Morgan fingerprint density at radius 2 is 1.29 bits per heavy atom. The number of unbranched alkanes of at least 4 members (excludes halogenated alkanes) is 2. The van der Waals surface area contributed by atoms with Crippen molar-refractivity contribution in [2.75, 3.05) is 39.4 Å². The summed E-state index contributed by atoms with van der Waals surface area (Å²) in [7, 11) is 0. The molecule has 0 aromatic heterocycles. The van der Waals surface area contributed by atoms with Gasteiger partial charge in [0.1, 0.15) is 0 Å². The van der Waals surface area contributed by atoms with Crippen molar-refractivity contribution >= 4 is 0 Å². The largest absolute Gasteiger partial charge is 0.396 e. The van der Waals surface area contributed by atoms with Crippen molar-refractivity contribution in [1.29, 1.82) is 0 Å². The Hall–Kier alpha value is -0.160. The topological polar surface area (TPSA) is 69.7 Å². The predicted molar refractivity (Wildman–Crippen MR) is 58.1 cm³/mol. The molecule has 0 saturated heterocycles. The highest BCUT2D eigenvalue weighted by atomic mass is 16.3. The molecule has 0 bridgehead atoms. The molecule has 0 amide bonds. The molecule has 14 heavy (non-hydrogen) atoms. The first-order chi connectivity index (χ1) is 6.85. The highest BCUT2D eigenvalue weighted by molar-refractivity contribution is 4.58. The van der Waals surface area contributed by atoms with E-state index in [0.29, 0.717) is 6.54 Å². The van der Waals surface area contributed by atoms with Crippen LogP contribution in [0.25, 0.3) is 0 Å². The number of nitrogens with two attached hydrogens (primary N) is 1. The highest BCUT2D eigenvalue weighted by Gasteiger charge is 2.02. The van der Waals surface area contributed by atoms with Crippen molar-refractivity contribution in [3.05, 3.63) is 0 Å². The van der Waals surface area contributed by atoms with Crippen LogP contribution in [0.3, 0.4) is 0 Å². The van der Waals surface area contributed by atoms with E-state index in [2.05, 4.69) is 4.90 Å². The normalized spacial score (nSPS) is 11.1. The Morgan fingerprint density at radius 1 is 0.786 bits per heavy atom. The molecule has 0 aliphatic heterocycles. The zero-order chi connectivity index (χ0) is 10.6. The number of hydrogen-bond acceptors (Lipinski definition) is 4. The fourth-order valence-corrected chi connectivity index (χ4v) is 1.41. The van der Waals surface area contributed by atoms with Crippen molar-refractivity contribution < 1.29 is 10.2 Å². The van der Waals surface area contributed by atoms with Gasteiger partial charge < -0.3 is 20.8 Å². The monoisotopic (exact) mass is 204 g/mol. The van der Waals surface area contributed by atoms with E-state index in [1.54, 1.807) is 0 Å². The van der Waals surface area contributed by atoms with Gasteiger partial charge in [0, 0.05) is 26.3 Å². The van der Waals surface area contributed by atoms with Crippen LogP contribution in [0.15, 0.2) is 0 Å². The number of nitrogens with zero attached hydrogens (tertiary/aromatic N) is 1. The maximum absolute atomic E-state index is 8.65. The minimum absolute atomic E-state index is 0.271. The summed E-state index contributed by atoms with van der Waals surface area (Å²) in [5, 5.41) is 17.3. The van der Waals surface area contributed by atoms with Crippen LogP contribution in [0.1, 0.15) is 25.7 Å². The van der Waals surface area contributed by atoms with Gasteiger partial charge in [0.05, 0.1) is 0 Å². The van der Waals surface area contributed by atoms with E-state index >= 15 is 0 Å². The first-order valence-electron chi connectivity index (χ1n) is 5.49. The van der Waals surface area contributed by atoms with E-state index in [0.717, 1.165) is 45.3 Å². The van der Waals surface area contributed by atoms with E-state index in [1.807, 2.05) is 0 Å². The summed E-state index contributed by atoms with van der Waals surface area (Å²) in [6, 6.07) is 0. The molecule has 0 unspecified atom stereocenters. The molecule has 0 aliphatic carbocycles. The SMILES string of the molecule is NCCN(CCCCO)CCCCO. The van der Waals surface area contributed by atoms with E-state index in [9.17, 15) is 0 Å². The van der Waals surface area contributed by atoms with E-state index in [1.165, 1.54) is 0 Å². The van der Waals surface area contributed by atoms with Gasteiger partial charge in [-0.1, -0.05) is 0 Å². The van der Waals surface area contributed by atoms with Gasteiger partial charge in [-0.05, 0) is 38.8 Å². The van der Waals surface area contributed by atoms with E-state index in [-0.39, 0.29) is 13.2 Å². The quantitative estimate of drug-likeness (QED) is 0.431. The molecule has 0 aliphatic rings. The van der Waals surface area contributed by atoms with Crippen LogP contribution < -0.4 is 5.73 Å². The van der Waals surface area contributed by atoms with Crippen LogP contribution in [-0.4, -0.2) is 54.5 Å². The van der Waals surface area contributed by atoms with Gasteiger partial charge in [0.15, 0.2) is 0 Å². The fraction of sp³-hybridized carbons (Fsp3) is 1.00. The summed E-state index contributed by atoms with van der Waals surface area (Å²) < 4.78 is 0. The molecular weight excluding hydrogens is 180 g/mol. The third-order valence-electron chi connectivity index (χ3n) is 2.21. The minimum atomic E-state index is 0.271. The highest BCUT2D eigenvalue weighted by Crippen LogP contribution is 1.98. The molecule has 0 saturated carbocycles. The smallest absolute Gasteiger partial charge is 0.0431 e. The van der Waals surface area contributed by atoms with Gasteiger partial charge in [0.2, 0.25) is 0 Å². The zero-order valence-electron chi connectivity index (χ0n) is 8.99. The van der Waals surface area contributed by atoms with Crippen LogP contribution in [0, 0.1) is 0 Å². The summed E-state index contributed by atoms with van der Waals surface area (Å²) in [6.07, 6.45) is 3.77. The van der Waals surface area contributed by atoms with Gasteiger partial charge >= 0.3 is 0 Å². The first-order valence-corrected chi connectivity index (χ1v) is 5.49. The molecule has 0 aromatic carbocycles. The van der Waals surface area contributed by atoms with E-state index < -0.39 is 0 Å². The second-order valence-corrected chi connectivity index (χ2v) is 3.49. The van der Waals surface area contributed by atoms with Gasteiger partial charge in [-0.15, -0.1) is 0 Å². The lowest BCUT2D eigenvalue weighted by molar-refractivity contribution is 0.229. The summed E-state index contributed by atoms with van der Waals surface area (Å²) in [5.41, 5.74) is 5.50. The molecule has 4 heteroatoms. The van der Waals surface area contributed by atoms with Crippen molar-refractivity contribution in [3.8, 4) is 0 Å². The predicted octanol–water partition coefficient (Wildman–Crippen LogP) is -0.208. The van der Waals surface area contributed by atoms with Gasteiger partial charge in [0.25, 0.3) is 0 Å². The molecule has 0 heterocycles. The lowest BCUT2D eigenvalue weighted by Gasteiger charge is -2.20. The van der Waals surface area contributed by atoms with Crippen LogP contribution in [0.2, 0.25) is 0 Å². The van der Waals surface area contributed by atoms with Crippen molar-refractivity contribution in [1.82, 2.24) is 4.90 Å². The molecule has 86 valence electrons. The Kier molecular flexibility index (Phi) is 10.8. The van der Waals surface area contributed by atoms with Gasteiger partial charge in [-0.3, -0.25) is 0 Å². The molecule has 0 atom stereocenters. The molecule has 0 spiro atoms. The Bertz CT molecular complexity index is 102. The lowest BCUT2D eigenvalue weighted by Crippen LogP contribution is -2.31. The third kappa shape index (κ3) is 8.44. The number of hydrogen-bond donors (Lipinski definition) is 3. The maximum atomic E-state index is 8.65. The maximum Gasteiger partial charge on any atom is 0.0431 e. The zero-order valence-corrected chi connectivity index (χ0v) is 8.99. The van der Waals surface area contributed by atoms with Crippen LogP contribution >= 0.6 is 0 Å². The average molecular weight is 204 g/mol. The summed E-state index contributed by atoms with van der Waals surface area (Å²) in [4.78, 5) is 2.30. The van der Waals surface area contributed by atoms with Crippen LogP contribution in [0.4, 0.5) is 0 Å². The Morgan fingerprint density at radius 3 is 1.64 bits per heavy atom. The van der Waals surface area contributed by atoms with Crippen molar-refractivity contribution in [2.45, 2.75) is 25.7 Å². The lowest BCUT2D eigenvalue weighted by atomic mass is 10.2. The molecule has 0 fully saturated rings. The Balaban J connectivity index is 3.44. The summed E-state index contributed by atoms with van der Waals surface area (Å²) >= 11 is 0. The Labute approximate surface area is 86.7 Å². The molecule has 4 nitrogen and oxygen atoms in total. The molecule has 0 radical (unpaired) electrons. The van der Waals surface area contributed by atoms with Crippen molar-refractivity contribution in [2.24, 2.45) is 5.73 Å². The second kappa shape index (κ2) is 10.9. The average Bonchev–Trinajstić information content (AvgIpc) is 2.18. The minimum Gasteiger partial charge on any atom is -0.396 e. The molecule has 0 aromatic rings. The standard InChI is InChI=1S/C10H24N2O2/c11-5-8-12(6-1-3-9-13)7-2-4-10-14/h13-14H,1-11H2. The van der Waals surface area contributed by atoms with E-state index in [4.69, 9.17) is 15.9 Å². The number of aliphatic hydroxyl groups is 2. The van der Waals surface area contributed by atoms with Crippen molar-refractivity contribution in [3.63, 3.8) is 0 Å². The van der Waals surface area contributed by atoms with Crippen LogP contribution in [0.5, 0.6) is 0 Å². The van der Waals surface area contributed by atoms with Crippen LogP contribution in [-0.2, 0) is 0 Å². The fourth-order valence-electron chi connectivity index (χ4n) is 1.41. The summed E-state index contributed by atoms with van der Waals surface area (Å²) in [6.45, 7) is 4.14. The molecular formula is C10H24N2O2. The number of aliphatic hydroxyl groups excluding tert-OH is 2. The molecule has 4 N–H and O–H groups in total. The first kappa shape index (κ1) is 13.8. The summed E-state index contributed by atoms with van der Waals surface area (Å²) in [5.74, 6) is 0. The van der Waals surface area contributed by atoms with Gasteiger partial charge in [-0.25, -0.2) is 0 Å². The second-order valence-electron chi connectivity index (χ2n) is 3.49.